The lowest BCUT2D eigenvalue weighted by atomic mass is 10.2. The number of benzene rings is 2. The number of nitro groups is 1. The Bertz CT molecular complexity index is 974. The van der Waals surface area contributed by atoms with Gasteiger partial charge in [-0.15, -0.1) is 10.2 Å². The van der Waals surface area contributed by atoms with Crippen molar-refractivity contribution in [1.29, 1.82) is 0 Å². The molecule has 0 fully saturated rings. The fourth-order valence-corrected chi connectivity index (χ4v) is 3.61. The number of nitrogens with zero attached hydrogens (tertiary/aromatic N) is 4. The van der Waals surface area contributed by atoms with Crippen LogP contribution in [0.2, 0.25) is 0 Å². The first-order valence-corrected chi connectivity index (χ1v) is 9.24. The highest BCUT2D eigenvalue weighted by Crippen LogP contribution is 2.36. The predicted molar refractivity (Wildman–Crippen MR) is 99.0 cm³/mol. The zero-order chi connectivity index (χ0) is 18.8. The molecule has 0 saturated heterocycles. The van der Waals surface area contributed by atoms with Crippen molar-refractivity contribution in [2.45, 2.75) is 17.0 Å². The number of hydrogen-bond acceptors (Lipinski definition) is 7. The van der Waals surface area contributed by atoms with Crippen molar-refractivity contribution in [2.24, 2.45) is 7.05 Å². The summed E-state index contributed by atoms with van der Waals surface area (Å²) in [6.07, 6.45) is -0.328. The van der Waals surface area contributed by atoms with Crippen molar-refractivity contribution >= 4 is 17.4 Å². The third-order valence-electron chi connectivity index (χ3n) is 4.18. The molecule has 0 N–H and O–H groups in total. The molecule has 1 atom stereocenters. The molecule has 0 amide bonds. The minimum absolute atomic E-state index is 0.0828. The quantitative estimate of drug-likeness (QED) is 0.377. The third-order valence-corrected chi connectivity index (χ3v) is 5.27. The maximum Gasteiger partial charge on any atom is 0.269 e. The highest BCUT2D eigenvalue weighted by molar-refractivity contribution is 7.98. The molecule has 8 nitrogen and oxygen atoms in total. The largest absolute Gasteiger partial charge is 0.485 e. The summed E-state index contributed by atoms with van der Waals surface area (Å²) in [4.78, 5) is 10.3. The smallest absolute Gasteiger partial charge is 0.269 e. The SMILES string of the molecule is Cn1c(SCc2ccc([N+](=O)[O-])cc2)nnc1[C@H]1COc2ccccc2O1. The first-order valence-electron chi connectivity index (χ1n) is 8.26. The minimum Gasteiger partial charge on any atom is -0.485 e. The van der Waals surface area contributed by atoms with Crippen LogP contribution in [0.15, 0.2) is 53.7 Å². The summed E-state index contributed by atoms with van der Waals surface area (Å²) in [5.74, 6) is 2.74. The summed E-state index contributed by atoms with van der Waals surface area (Å²) >= 11 is 1.51. The van der Waals surface area contributed by atoms with Gasteiger partial charge in [0.1, 0.15) is 6.61 Å². The molecule has 138 valence electrons. The Morgan fingerprint density at radius 1 is 1.19 bits per heavy atom. The van der Waals surface area contributed by atoms with Crippen LogP contribution in [0.4, 0.5) is 5.69 Å². The highest BCUT2D eigenvalue weighted by Gasteiger charge is 2.27. The van der Waals surface area contributed by atoms with Gasteiger partial charge in [0, 0.05) is 24.9 Å². The maximum atomic E-state index is 10.7. The molecule has 2 aromatic carbocycles. The summed E-state index contributed by atoms with van der Waals surface area (Å²) in [5, 5.41) is 20.0. The Kier molecular flexibility index (Phi) is 4.68. The van der Waals surface area contributed by atoms with Gasteiger partial charge in [-0.2, -0.15) is 0 Å². The number of ether oxygens (including phenoxy) is 2. The van der Waals surface area contributed by atoms with Crippen molar-refractivity contribution in [3.63, 3.8) is 0 Å². The van der Waals surface area contributed by atoms with E-state index in [4.69, 9.17) is 9.47 Å². The Hall–Kier alpha value is -3.07. The van der Waals surface area contributed by atoms with Gasteiger partial charge < -0.3 is 14.0 Å². The standard InChI is InChI=1S/C18H16N4O4S/c1-21-17(16-10-25-14-4-2-3-5-15(14)26-16)19-20-18(21)27-11-12-6-8-13(9-7-12)22(23)24/h2-9,16H,10-11H2,1H3/t16-/m1/s1. The van der Waals surface area contributed by atoms with Gasteiger partial charge in [-0.05, 0) is 17.7 Å². The molecule has 9 heteroatoms. The van der Waals surface area contributed by atoms with E-state index < -0.39 is 4.92 Å². The number of rotatable bonds is 5. The zero-order valence-electron chi connectivity index (χ0n) is 14.4. The van der Waals surface area contributed by atoms with Crippen LogP contribution in [-0.2, 0) is 12.8 Å². The number of hydrogen-bond donors (Lipinski definition) is 0. The summed E-state index contributed by atoms with van der Waals surface area (Å²) in [6, 6.07) is 14.0. The van der Waals surface area contributed by atoms with E-state index >= 15 is 0 Å². The monoisotopic (exact) mass is 384 g/mol. The van der Waals surface area contributed by atoms with Gasteiger partial charge in [0.2, 0.25) is 0 Å². The van der Waals surface area contributed by atoms with E-state index in [1.807, 2.05) is 35.9 Å². The van der Waals surface area contributed by atoms with Gasteiger partial charge in [-0.25, -0.2) is 0 Å². The molecule has 0 unspecified atom stereocenters. The molecule has 2 heterocycles. The van der Waals surface area contributed by atoms with Gasteiger partial charge in [-0.1, -0.05) is 36.0 Å². The number of para-hydroxylation sites is 2. The van der Waals surface area contributed by atoms with Crippen molar-refractivity contribution in [1.82, 2.24) is 14.8 Å². The van der Waals surface area contributed by atoms with E-state index in [2.05, 4.69) is 10.2 Å². The lowest BCUT2D eigenvalue weighted by Gasteiger charge is -2.25. The number of nitro benzene ring substituents is 1. The Morgan fingerprint density at radius 3 is 2.67 bits per heavy atom. The molecule has 3 aromatic rings. The van der Waals surface area contributed by atoms with E-state index in [-0.39, 0.29) is 11.8 Å². The lowest BCUT2D eigenvalue weighted by molar-refractivity contribution is -0.384. The molecule has 0 spiro atoms. The van der Waals surface area contributed by atoms with E-state index in [9.17, 15) is 10.1 Å². The van der Waals surface area contributed by atoms with Crippen LogP contribution >= 0.6 is 11.8 Å². The van der Waals surface area contributed by atoms with E-state index in [0.717, 1.165) is 16.5 Å². The highest BCUT2D eigenvalue weighted by atomic mass is 32.2. The average molecular weight is 384 g/mol. The summed E-state index contributed by atoms with van der Waals surface area (Å²) in [5.41, 5.74) is 1.06. The first-order chi connectivity index (χ1) is 13.1. The summed E-state index contributed by atoms with van der Waals surface area (Å²) < 4.78 is 13.6. The normalized spacial score (nSPS) is 15.5. The third kappa shape index (κ3) is 3.59. The topological polar surface area (TPSA) is 92.3 Å². The second-order valence-corrected chi connectivity index (χ2v) is 6.92. The van der Waals surface area contributed by atoms with Crippen LogP contribution in [0.1, 0.15) is 17.5 Å². The molecular weight excluding hydrogens is 368 g/mol. The van der Waals surface area contributed by atoms with Crippen LogP contribution in [0.3, 0.4) is 0 Å². The van der Waals surface area contributed by atoms with Crippen LogP contribution in [-0.4, -0.2) is 26.3 Å². The van der Waals surface area contributed by atoms with E-state index in [1.165, 1.54) is 23.9 Å². The molecule has 1 aromatic heterocycles. The second-order valence-electron chi connectivity index (χ2n) is 5.98. The number of non-ortho nitro benzene ring substituents is 1. The zero-order valence-corrected chi connectivity index (χ0v) is 15.3. The summed E-state index contributed by atoms with van der Waals surface area (Å²) in [7, 11) is 1.89. The summed E-state index contributed by atoms with van der Waals surface area (Å²) in [6.45, 7) is 0.371. The van der Waals surface area contributed by atoms with E-state index in [1.54, 1.807) is 12.1 Å². The molecule has 27 heavy (non-hydrogen) atoms. The molecule has 1 aliphatic rings. The van der Waals surface area contributed by atoms with Gasteiger partial charge >= 0.3 is 0 Å². The Balaban J connectivity index is 1.44. The van der Waals surface area contributed by atoms with Crippen LogP contribution in [0.5, 0.6) is 11.5 Å². The molecular formula is C18H16N4O4S. The predicted octanol–water partition coefficient (Wildman–Crippen LogP) is 3.53. The lowest BCUT2D eigenvalue weighted by Crippen LogP contribution is -2.24. The molecule has 0 bridgehead atoms. The molecule has 1 aliphatic heterocycles. The van der Waals surface area contributed by atoms with Crippen molar-refractivity contribution in [3.05, 3.63) is 70.0 Å². The van der Waals surface area contributed by atoms with Crippen LogP contribution < -0.4 is 9.47 Å². The van der Waals surface area contributed by atoms with Crippen LogP contribution in [0, 0.1) is 10.1 Å². The molecule has 0 radical (unpaired) electrons. The fraction of sp³-hybridized carbons (Fsp3) is 0.222. The van der Waals surface area contributed by atoms with Crippen LogP contribution in [0.25, 0.3) is 0 Å². The van der Waals surface area contributed by atoms with Gasteiger partial charge in [0.25, 0.3) is 5.69 Å². The van der Waals surface area contributed by atoms with Gasteiger partial charge in [0.05, 0.1) is 4.92 Å². The minimum atomic E-state index is -0.406. The van der Waals surface area contributed by atoms with Gasteiger partial charge in [-0.3, -0.25) is 10.1 Å². The molecule has 4 rings (SSSR count). The maximum absolute atomic E-state index is 10.7. The second kappa shape index (κ2) is 7.28. The van der Waals surface area contributed by atoms with Gasteiger partial charge in [0.15, 0.2) is 28.6 Å². The Labute approximate surface area is 159 Å². The van der Waals surface area contributed by atoms with Crippen molar-refractivity contribution < 1.29 is 14.4 Å². The van der Waals surface area contributed by atoms with E-state index in [0.29, 0.717) is 23.9 Å². The van der Waals surface area contributed by atoms with Crippen molar-refractivity contribution in [2.75, 3.05) is 6.61 Å². The molecule has 0 saturated carbocycles. The van der Waals surface area contributed by atoms with Crippen molar-refractivity contribution in [3.8, 4) is 11.5 Å². The molecule has 0 aliphatic carbocycles. The Morgan fingerprint density at radius 2 is 1.93 bits per heavy atom. The average Bonchev–Trinajstić information content (AvgIpc) is 3.06. The first kappa shape index (κ1) is 17.3. The number of fused-ring (bicyclic) bond motifs is 1. The number of aromatic nitrogens is 3. The number of thioether (sulfide) groups is 1. The fourth-order valence-electron chi connectivity index (χ4n) is 2.74.